The highest BCUT2D eigenvalue weighted by molar-refractivity contribution is 5.79. The molecule has 6 aliphatic carbocycles. The maximum atomic E-state index is 13.1. The molecule has 5 saturated carbocycles. The highest BCUT2D eigenvalue weighted by Gasteiger charge is 2.77. The summed E-state index contributed by atoms with van der Waals surface area (Å²) < 4.78 is 23.8. The Morgan fingerprint density at radius 3 is 2.17 bits per heavy atom. The Morgan fingerprint density at radius 2 is 1.49 bits per heavy atom. The molecule has 8 rings (SSSR count). The molecule has 8 aliphatic rings. The van der Waals surface area contributed by atoms with Crippen molar-refractivity contribution in [2.24, 2.45) is 56.2 Å². The number of aliphatic carboxylic acids is 2. The highest BCUT2D eigenvalue weighted by Crippen LogP contribution is 2.82. The smallest absolute Gasteiger partial charge is 0.335 e. The van der Waals surface area contributed by atoms with E-state index in [9.17, 15) is 45.3 Å². The van der Waals surface area contributed by atoms with E-state index >= 15 is 0 Å². The van der Waals surface area contributed by atoms with Gasteiger partial charge in [-0.3, -0.25) is 4.79 Å². The van der Waals surface area contributed by atoms with Gasteiger partial charge >= 0.3 is 11.9 Å². The molecule has 7 fully saturated rings. The van der Waals surface area contributed by atoms with Crippen molar-refractivity contribution in [3.05, 3.63) is 11.6 Å². The van der Waals surface area contributed by atoms with E-state index in [2.05, 4.69) is 47.6 Å². The molecular formula is C40H60O13. The zero-order valence-electron chi connectivity index (χ0n) is 31.8. The van der Waals surface area contributed by atoms with Crippen LogP contribution in [0, 0.1) is 56.2 Å². The van der Waals surface area contributed by atoms with E-state index in [0.29, 0.717) is 12.3 Å². The molecule has 13 heteroatoms. The first kappa shape index (κ1) is 38.2. The van der Waals surface area contributed by atoms with E-state index < -0.39 is 84.2 Å². The lowest BCUT2D eigenvalue weighted by Gasteiger charge is -2.70. The molecule has 0 radical (unpaired) electrons. The van der Waals surface area contributed by atoms with Crippen molar-refractivity contribution < 1.29 is 64.3 Å². The van der Waals surface area contributed by atoms with Crippen LogP contribution in [0.3, 0.4) is 0 Å². The number of ether oxygens (including phenoxy) is 4. The summed E-state index contributed by atoms with van der Waals surface area (Å²) in [6.45, 7) is 13.7. The van der Waals surface area contributed by atoms with Crippen molar-refractivity contribution in [1.29, 1.82) is 0 Å². The van der Waals surface area contributed by atoms with Crippen LogP contribution in [0.4, 0.5) is 0 Å². The third-order valence-corrected chi connectivity index (χ3v) is 17.5. The minimum Gasteiger partial charge on any atom is -0.481 e. The van der Waals surface area contributed by atoms with Gasteiger partial charge in [-0.1, -0.05) is 53.2 Å². The summed E-state index contributed by atoms with van der Waals surface area (Å²) in [6.07, 6.45) is -4.69. The van der Waals surface area contributed by atoms with E-state index in [1.165, 1.54) is 5.57 Å². The predicted octanol–water partition coefficient (Wildman–Crippen LogP) is 2.83. The molecule has 0 aromatic rings. The Morgan fingerprint density at radius 1 is 0.774 bits per heavy atom. The van der Waals surface area contributed by atoms with Gasteiger partial charge in [0.05, 0.1) is 18.1 Å². The molecule has 2 saturated heterocycles. The minimum absolute atomic E-state index is 0.0256. The lowest BCUT2D eigenvalue weighted by atomic mass is 9.34. The fourth-order valence-corrected chi connectivity index (χ4v) is 14.6. The van der Waals surface area contributed by atoms with Gasteiger partial charge in [-0.2, -0.15) is 0 Å². The van der Waals surface area contributed by atoms with Crippen molar-refractivity contribution in [3.8, 4) is 0 Å². The zero-order valence-corrected chi connectivity index (χ0v) is 31.8. The Labute approximate surface area is 311 Å². The molecule has 13 nitrogen and oxygen atoms in total. The Balaban J connectivity index is 1.06. The fourth-order valence-electron chi connectivity index (χ4n) is 14.6. The number of carbonyl (C=O) groups is 2. The summed E-state index contributed by atoms with van der Waals surface area (Å²) >= 11 is 0. The number of carboxylic acids is 2. The summed E-state index contributed by atoms with van der Waals surface area (Å²) in [5.74, 6) is -1.27. The van der Waals surface area contributed by atoms with Crippen LogP contribution in [-0.2, 0) is 28.5 Å². The molecule has 4 bridgehead atoms. The highest BCUT2D eigenvalue weighted by atomic mass is 16.8. The first-order valence-corrected chi connectivity index (χ1v) is 19.8. The Hall–Kier alpha value is -1.68. The summed E-state index contributed by atoms with van der Waals surface area (Å²) in [5.41, 5.74) is 0.169. The minimum atomic E-state index is -1.88. The molecule has 0 aromatic heterocycles. The molecule has 3 unspecified atom stereocenters. The lowest BCUT2D eigenvalue weighted by molar-refractivity contribution is -0.366. The summed E-state index contributed by atoms with van der Waals surface area (Å²) in [4.78, 5) is 25.2. The number of fused-ring (bicyclic) bond motifs is 6. The van der Waals surface area contributed by atoms with Crippen LogP contribution < -0.4 is 0 Å². The number of rotatable bonds is 6. The van der Waals surface area contributed by atoms with E-state index in [1.54, 1.807) is 0 Å². The first-order chi connectivity index (χ1) is 24.7. The molecule has 2 aliphatic heterocycles. The zero-order chi connectivity index (χ0) is 38.4. The van der Waals surface area contributed by atoms with E-state index in [-0.39, 0.29) is 46.0 Å². The standard InChI is InChI=1S/C40H60O13/c1-35(2)21-9-12-38(5)22(8-7-18-19-15-36(3)13-14-40(19,34(48)49)23(36)16-39(18,38)6)37(21,4)11-10-24(35)51-33-30(27(44)26(43)29(52-33)31(46)47)53-32-28(45)25(42)20(41)17-50-32/h7,19-30,32-33,41-45H,8-17H2,1-6H3,(H,46,47)(H,48,49)/t19?,20-,21?,22?,23+,24+,25+,26+,27+,28-,29+,30-,32+,33-,36-,37+,38-,39-,40-/m1/s1. The van der Waals surface area contributed by atoms with Crippen LogP contribution in [0.15, 0.2) is 11.6 Å². The average Bonchev–Trinajstić information content (AvgIpc) is 3.46. The van der Waals surface area contributed by atoms with Crippen molar-refractivity contribution in [2.75, 3.05) is 6.61 Å². The van der Waals surface area contributed by atoms with Gasteiger partial charge in [0.1, 0.15) is 36.6 Å². The summed E-state index contributed by atoms with van der Waals surface area (Å²) in [7, 11) is 0. The van der Waals surface area contributed by atoms with Gasteiger partial charge in [-0.15, -0.1) is 0 Å². The molecule has 0 spiro atoms. The largest absolute Gasteiger partial charge is 0.481 e. The molecular weight excluding hydrogens is 688 g/mol. The van der Waals surface area contributed by atoms with Gasteiger partial charge in [0.25, 0.3) is 0 Å². The second-order valence-corrected chi connectivity index (χ2v) is 19.9. The number of hydrogen-bond donors (Lipinski definition) is 7. The maximum Gasteiger partial charge on any atom is 0.335 e. The van der Waals surface area contributed by atoms with Gasteiger partial charge in [0.2, 0.25) is 0 Å². The topological polar surface area (TPSA) is 213 Å². The second kappa shape index (κ2) is 12.2. The van der Waals surface area contributed by atoms with E-state index in [4.69, 9.17) is 18.9 Å². The number of allylic oxidation sites excluding steroid dienone is 2. The normalized spacial score (nSPS) is 56.8. The number of carboxylic acid groups (broad SMARTS) is 2. The number of aliphatic hydroxyl groups is 5. The third-order valence-electron chi connectivity index (χ3n) is 17.5. The van der Waals surface area contributed by atoms with E-state index in [1.807, 2.05) is 0 Å². The average molecular weight is 749 g/mol. The number of aliphatic hydroxyl groups excluding tert-OH is 5. The van der Waals surface area contributed by atoms with Crippen molar-refractivity contribution in [2.45, 2.75) is 161 Å². The van der Waals surface area contributed by atoms with E-state index in [0.717, 1.165) is 51.4 Å². The molecule has 2 heterocycles. The lowest BCUT2D eigenvalue weighted by Crippen LogP contribution is -2.66. The fraction of sp³-hybridized carbons (Fsp3) is 0.900. The van der Waals surface area contributed by atoms with Crippen LogP contribution in [0.5, 0.6) is 0 Å². The monoisotopic (exact) mass is 748 g/mol. The van der Waals surface area contributed by atoms with Gasteiger partial charge in [-0.25, -0.2) is 4.79 Å². The van der Waals surface area contributed by atoms with Crippen LogP contribution in [0.1, 0.15) is 99.3 Å². The molecule has 53 heavy (non-hydrogen) atoms. The van der Waals surface area contributed by atoms with Crippen LogP contribution in [0.2, 0.25) is 0 Å². The van der Waals surface area contributed by atoms with Gasteiger partial charge in [-0.05, 0) is 109 Å². The Bertz CT molecular complexity index is 1550. The van der Waals surface area contributed by atoms with Crippen molar-refractivity contribution >= 4 is 11.9 Å². The van der Waals surface area contributed by atoms with Gasteiger partial charge in [0, 0.05) is 0 Å². The SMILES string of the molecule is CC1(C)C2CC[C@]3(C)C(CC=C4C5C[C@@]6(C)CC[C@]5(C(=O)O)[C@H]6C[C@]43C)[C@@]2(C)CC[C@@H]1O[C@@H]1O[C@H](C(=O)O)[C@@H](O)[C@H](O)[C@H]1O[C@@H]1OC[C@@H](O)[C@H](O)[C@H]1O. The van der Waals surface area contributed by atoms with Gasteiger partial charge in [0.15, 0.2) is 18.7 Å². The molecule has 0 amide bonds. The van der Waals surface area contributed by atoms with Crippen LogP contribution in [-0.4, -0.2) is 116 Å². The first-order valence-electron chi connectivity index (χ1n) is 19.8. The summed E-state index contributed by atoms with van der Waals surface area (Å²) in [5, 5.41) is 73.3. The van der Waals surface area contributed by atoms with Crippen molar-refractivity contribution in [1.82, 2.24) is 0 Å². The van der Waals surface area contributed by atoms with Crippen molar-refractivity contribution in [3.63, 3.8) is 0 Å². The Kier molecular flexibility index (Phi) is 8.77. The molecule has 19 atom stereocenters. The maximum absolute atomic E-state index is 13.1. The molecule has 298 valence electrons. The summed E-state index contributed by atoms with van der Waals surface area (Å²) in [6, 6.07) is 0. The number of hydrogen-bond acceptors (Lipinski definition) is 11. The molecule has 7 N–H and O–H groups in total. The van der Waals surface area contributed by atoms with Gasteiger partial charge < -0.3 is 54.7 Å². The predicted molar refractivity (Wildman–Crippen MR) is 186 cm³/mol. The van der Waals surface area contributed by atoms with Crippen LogP contribution >= 0.6 is 0 Å². The third kappa shape index (κ3) is 4.93. The molecule has 0 aromatic carbocycles. The second-order valence-electron chi connectivity index (χ2n) is 19.9. The quantitative estimate of drug-likeness (QED) is 0.154. The van der Waals surface area contributed by atoms with Crippen LogP contribution in [0.25, 0.3) is 0 Å².